The van der Waals surface area contributed by atoms with Crippen LogP contribution in [-0.4, -0.2) is 5.78 Å². The highest BCUT2D eigenvalue weighted by Crippen LogP contribution is 2.22. The summed E-state index contributed by atoms with van der Waals surface area (Å²) in [6, 6.07) is 6.70. The number of thiophene rings is 1. The van der Waals surface area contributed by atoms with Gasteiger partial charge in [-0.1, -0.05) is 17.7 Å². The van der Waals surface area contributed by atoms with Gasteiger partial charge >= 0.3 is 0 Å². The van der Waals surface area contributed by atoms with Gasteiger partial charge in [0.1, 0.15) is 11.6 Å². The van der Waals surface area contributed by atoms with Crippen molar-refractivity contribution < 1.29 is 13.6 Å². The average molecular weight is 285 g/mol. The second kappa shape index (κ2) is 5.42. The van der Waals surface area contributed by atoms with Gasteiger partial charge < -0.3 is 0 Å². The number of ketones is 1. The molecule has 18 heavy (non-hydrogen) atoms. The summed E-state index contributed by atoms with van der Waals surface area (Å²) in [6.45, 7) is 0. The molecular weight excluding hydrogens is 278 g/mol. The van der Waals surface area contributed by atoms with Crippen LogP contribution in [0.5, 0.6) is 0 Å². The van der Waals surface area contributed by atoms with Crippen LogP contribution in [0.2, 0.25) is 4.34 Å². The molecule has 0 spiro atoms. The maximum Gasteiger partial charge on any atom is 0.195 e. The first-order chi connectivity index (χ1) is 8.58. The Morgan fingerprint density at radius 1 is 1.17 bits per heavy atom. The molecule has 0 bridgehead atoms. The lowest BCUT2D eigenvalue weighted by Gasteiger charge is -1.97. The molecule has 0 saturated carbocycles. The summed E-state index contributed by atoms with van der Waals surface area (Å²) in [7, 11) is 0. The van der Waals surface area contributed by atoms with Gasteiger partial charge in [0, 0.05) is 5.56 Å². The van der Waals surface area contributed by atoms with E-state index in [1.54, 1.807) is 12.1 Å². The number of allylic oxidation sites excluding steroid dienone is 1. The molecule has 0 atom stereocenters. The summed E-state index contributed by atoms with van der Waals surface area (Å²) < 4.78 is 27.1. The predicted octanol–water partition coefficient (Wildman–Crippen LogP) is 4.58. The number of benzene rings is 1. The molecule has 0 fully saturated rings. The van der Waals surface area contributed by atoms with Gasteiger partial charge in [0.25, 0.3) is 0 Å². The average Bonchev–Trinajstić information content (AvgIpc) is 2.75. The monoisotopic (exact) mass is 284 g/mol. The van der Waals surface area contributed by atoms with Crippen LogP contribution in [0.15, 0.2) is 36.4 Å². The van der Waals surface area contributed by atoms with E-state index in [0.717, 1.165) is 35.6 Å². The summed E-state index contributed by atoms with van der Waals surface area (Å²) in [5.74, 6) is -1.75. The van der Waals surface area contributed by atoms with Crippen LogP contribution in [-0.2, 0) is 0 Å². The van der Waals surface area contributed by atoms with Crippen molar-refractivity contribution in [2.75, 3.05) is 0 Å². The molecule has 0 aliphatic heterocycles. The quantitative estimate of drug-likeness (QED) is 0.596. The van der Waals surface area contributed by atoms with Crippen molar-refractivity contribution in [3.8, 4) is 0 Å². The van der Waals surface area contributed by atoms with E-state index in [1.165, 1.54) is 6.07 Å². The van der Waals surface area contributed by atoms with E-state index in [-0.39, 0.29) is 11.3 Å². The van der Waals surface area contributed by atoms with Gasteiger partial charge in [-0.05, 0) is 36.4 Å². The third-order valence-corrected chi connectivity index (χ3v) is 3.46. The molecule has 92 valence electrons. The van der Waals surface area contributed by atoms with Crippen molar-refractivity contribution in [1.29, 1.82) is 0 Å². The second-order valence-corrected chi connectivity index (χ2v) is 5.15. The van der Waals surface area contributed by atoms with E-state index in [2.05, 4.69) is 0 Å². The summed E-state index contributed by atoms with van der Waals surface area (Å²) >= 11 is 6.81. The fraction of sp³-hybridized carbons (Fsp3) is 0. The molecule has 1 heterocycles. The largest absolute Gasteiger partial charge is 0.288 e. The lowest BCUT2D eigenvalue weighted by atomic mass is 10.1. The Morgan fingerprint density at radius 2 is 1.83 bits per heavy atom. The Balaban J connectivity index is 2.24. The van der Waals surface area contributed by atoms with Crippen LogP contribution < -0.4 is 0 Å². The van der Waals surface area contributed by atoms with Crippen molar-refractivity contribution in [1.82, 2.24) is 0 Å². The number of carbonyl (C=O) groups is 1. The molecular formula is C13H7ClF2OS. The van der Waals surface area contributed by atoms with Crippen molar-refractivity contribution in [3.63, 3.8) is 0 Å². The zero-order valence-corrected chi connectivity index (χ0v) is 10.6. The minimum atomic E-state index is -0.705. The van der Waals surface area contributed by atoms with E-state index in [1.807, 2.05) is 0 Å². The zero-order valence-electron chi connectivity index (χ0n) is 8.99. The summed E-state index contributed by atoms with van der Waals surface area (Å²) in [6.07, 6.45) is 2.25. The molecule has 0 aliphatic rings. The molecule has 0 saturated heterocycles. The number of rotatable bonds is 3. The fourth-order valence-corrected chi connectivity index (χ4v) is 2.32. The minimum absolute atomic E-state index is 0.228. The second-order valence-electron chi connectivity index (χ2n) is 3.44. The molecule has 1 aromatic heterocycles. The number of halogens is 3. The maximum absolute atomic E-state index is 13.3. The van der Waals surface area contributed by atoms with Gasteiger partial charge in [0.05, 0.1) is 9.21 Å². The normalized spacial score (nSPS) is 11.1. The molecule has 0 radical (unpaired) electrons. The fourth-order valence-electron chi connectivity index (χ4n) is 1.36. The standard InChI is InChI=1S/C13H7ClF2OS/c14-13-7-6-12(18-13)11(17)5-4-8-9(15)2-1-3-10(8)16/h1-7H/b5-4+. The molecule has 1 nitrogen and oxygen atoms in total. The van der Waals surface area contributed by atoms with Gasteiger partial charge in [-0.2, -0.15) is 0 Å². The smallest absolute Gasteiger partial charge is 0.195 e. The van der Waals surface area contributed by atoms with E-state index < -0.39 is 11.6 Å². The van der Waals surface area contributed by atoms with Crippen LogP contribution in [0.1, 0.15) is 15.2 Å². The molecule has 0 aliphatic carbocycles. The van der Waals surface area contributed by atoms with Gasteiger partial charge in [0.2, 0.25) is 0 Å². The molecule has 0 unspecified atom stereocenters. The highest BCUT2D eigenvalue weighted by molar-refractivity contribution is 7.18. The summed E-state index contributed by atoms with van der Waals surface area (Å²) in [4.78, 5) is 12.1. The maximum atomic E-state index is 13.3. The zero-order chi connectivity index (χ0) is 13.1. The van der Waals surface area contributed by atoms with Crippen molar-refractivity contribution >= 4 is 34.8 Å². The number of hydrogen-bond donors (Lipinski definition) is 0. The molecule has 2 rings (SSSR count). The summed E-state index contributed by atoms with van der Waals surface area (Å²) in [5.41, 5.74) is -0.228. The van der Waals surface area contributed by atoms with Gasteiger partial charge in [-0.15, -0.1) is 11.3 Å². The lowest BCUT2D eigenvalue weighted by Crippen LogP contribution is -1.91. The van der Waals surface area contributed by atoms with Crippen molar-refractivity contribution in [3.05, 3.63) is 62.8 Å². The Morgan fingerprint density at radius 3 is 2.39 bits per heavy atom. The molecule has 2 aromatic rings. The van der Waals surface area contributed by atoms with Crippen LogP contribution >= 0.6 is 22.9 Å². The van der Waals surface area contributed by atoms with Crippen LogP contribution in [0, 0.1) is 11.6 Å². The lowest BCUT2D eigenvalue weighted by molar-refractivity contribution is 0.105. The first-order valence-electron chi connectivity index (χ1n) is 4.99. The molecule has 0 amide bonds. The van der Waals surface area contributed by atoms with Crippen molar-refractivity contribution in [2.45, 2.75) is 0 Å². The Bertz CT molecular complexity index is 599. The van der Waals surface area contributed by atoms with E-state index in [4.69, 9.17) is 11.6 Å². The highest BCUT2D eigenvalue weighted by Gasteiger charge is 2.08. The predicted molar refractivity (Wildman–Crippen MR) is 69.1 cm³/mol. The highest BCUT2D eigenvalue weighted by atomic mass is 35.5. The Hall–Kier alpha value is -1.52. The SMILES string of the molecule is O=C(/C=C/c1c(F)cccc1F)c1ccc(Cl)s1. The Labute approximate surface area is 111 Å². The van der Waals surface area contributed by atoms with Crippen LogP contribution in [0.25, 0.3) is 6.08 Å². The Kier molecular flexibility index (Phi) is 3.89. The van der Waals surface area contributed by atoms with Gasteiger partial charge in [-0.3, -0.25) is 4.79 Å². The topological polar surface area (TPSA) is 17.1 Å². The van der Waals surface area contributed by atoms with Crippen LogP contribution in [0.4, 0.5) is 8.78 Å². The van der Waals surface area contributed by atoms with Crippen LogP contribution in [0.3, 0.4) is 0 Å². The van der Waals surface area contributed by atoms with E-state index in [0.29, 0.717) is 9.21 Å². The van der Waals surface area contributed by atoms with E-state index >= 15 is 0 Å². The summed E-state index contributed by atoms with van der Waals surface area (Å²) in [5, 5.41) is 0. The first-order valence-corrected chi connectivity index (χ1v) is 6.19. The number of carbonyl (C=O) groups excluding carboxylic acids is 1. The van der Waals surface area contributed by atoms with Gasteiger partial charge in [0.15, 0.2) is 5.78 Å². The van der Waals surface area contributed by atoms with Crippen molar-refractivity contribution in [2.24, 2.45) is 0 Å². The minimum Gasteiger partial charge on any atom is -0.288 e. The van der Waals surface area contributed by atoms with Gasteiger partial charge in [-0.25, -0.2) is 8.78 Å². The number of hydrogen-bond acceptors (Lipinski definition) is 2. The molecule has 1 aromatic carbocycles. The molecule has 5 heteroatoms. The third kappa shape index (κ3) is 2.83. The third-order valence-electron chi connectivity index (χ3n) is 2.22. The van der Waals surface area contributed by atoms with E-state index in [9.17, 15) is 13.6 Å². The first kappa shape index (κ1) is 12.9. The molecule has 0 N–H and O–H groups in total.